The average Bonchev–Trinajstić information content (AvgIpc) is 2.57. The van der Waals surface area contributed by atoms with E-state index in [4.69, 9.17) is 0 Å². The van der Waals surface area contributed by atoms with Crippen LogP contribution in [0.1, 0.15) is 117 Å². The van der Waals surface area contributed by atoms with Crippen molar-refractivity contribution in [3.63, 3.8) is 0 Å². The molecule has 24 heavy (non-hydrogen) atoms. The van der Waals surface area contributed by atoms with Crippen LogP contribution in [0.4, 0.5) is 0 Å². The molecule has 0 amide bonds. The second-order valence-electron chi connectivity index (χ2n) is 7.11. The highest BCUT2D eigenvalue weighted by molar-refractivity contribution is 7.76. The fraction of sp³-hybridized carbons (Fsp3) is 1.00. The molecule has 0 fully saturated rings. The number of nitrogens with zero attached hydrogens (tertiary/aromatic N) is 1. The molecule has 0 radical (unpaired) electrons. The van der Waals surface area contributed by atoms with Gasteiger partial charge in [-0.3, -0.25) is 4.55 Å². The van der Waals surface area contributed by atoms with Gasteiger partial charge in [-0.15, -0.1) is 0 Å². The number of hydrogen-bond acceptors (Lipinski definition) is 1. The molecule has 0 aromatic rings. The molecule has 1 N–H and O–H groups in total. The lowest BCUT2D eigenvalue weighted by Crippen LogP contribution is -2.27. The van der Waals surface area contributed by atoms with E-state index >= 15 is 0 Å². The van der Waals surface area contributed by atoms with Crippen LogP contribution in [-0.2, 0) is 11.3 Å². The topological polar surface area (TPSA) is 40.5 Å². The minimum absolute atomic E-state index is 0.772. The summed E-state index contributed by atoms with van der Waals surface area (Å²) in [5, 5.41) is 0. The van der Waals surface area contributed by atoms with Crippen molar-refractivity contribution in [3.05, 3.63) is 0 Å². The Morgan fingerprint density at radius 3 is 1.17 bits per heavy atom. The molecule has 0 saturated carbocycles. The van der Waals surface area contributed by atoms with Gasteiger partial charge in [0, 0.05) is 13.1 Å². The molecule has 0 aromatic heterocycles. The van der Waals surface area contributed by atoms with E-state index < -0.39 is 11.3 Å². The average molecular weight is 362 g/mol. The number of rotatable bonds is 19. The molecule has 3 nitrogen and oxygen atoms in total. The lowest BCUT2D eigenvalue weighted by Gasteiger charge is -2.17. The summed E-state index contributed by atoms with van der Waals surface area (Å²) in [5.74, 6) is 0. The van der Waals surface area contributed by atoms with Crippen LogP contribution in [0.2, 0.25) is 0 Å². The lowest BCUT2D eigenvalue weighted by molar-refractivity contribution is 0.372. The van der Waals surface area contributed by atoms with Gasteiger partial charge in [-0.05, 0) is 12.8 Å². The van der Waals surface area contributed by atoms with Crippen molar-refractivity contribution in [1.29, 1.82) is 0 Å². The predicted octanol–water partition coefficient (Wildman–Crippen LogP) is 6.71. The first-order valence-electron chi connectivity index (χ1n) is 10.6. The zero-order valence-electron chi connectivity index (χ0n) is 16.4. The van der Waals surface area contributed by atoms with E-state index in [2.05, 4.69) is 13.8 Å². The van der Waals surface area contributed by atoms with Crippen molar-refractivity contribution in [2.75, 3.05) is 13.1 Å². The molecule has 1 unspecified atom stereocenters. The van der Waals surface area contributed by atoms with Crippen LogP contribution in [0.25, 0.3) is 0 Å². The second kappa shape index (κ2) is 19.4. The Hall–Kier alpha value is 0.0700. The smallest absolute Gasteiger partial charge is 0.234 e. The standard InChI is InChI=1S/C20H43NO2S/c1-3-5-7-9-11-13-15-17-19-21(24(22)23)20-18-16-14-12-10-8-6-4-2/h3-20H2,1-2H3,(H,22,23). The summed E-state index contributed by atoms with van der Waals surface area (Å²) < 4.78 is 22.6. The van der Waals surface area contributed by atoms with E-state index in [0.717, 1.165) is 25.9 Å². The maximum absolute atomic E-state index is 11.4. The first-order valence-corrected chi connectivity index (χ1v) is 11.6. The maximum Gasteiger partial charge on any atom is 0.234 e. The largest absolute Gasteiger partial charge is 0.294 e. The van der Waals surface area contributed by atoms with Gasteiger partial charge >= 0.3 is 0 Å². The zero-order valence-corrected chi connectivity index (χ0v) is 17.3. The van der Waals surface area contributed by atoms with Crippen molar-refractivity contribution in [3.8, 4) is 0 Å². The summed E-state index contributed by atoms with van der Waals surface area (Å²) in [7, 11) is 0. The first kappa shape index (κ1) is 24.1. The van der Waals surface area contributed by atoms with Crippen LogP contribution in [0, 0.1) is 0 Å². The van der Waals surface area contributed by atoms with Crippen LogP contribution < -0.4 is 0 Å². The van der Waals surface area contributed by atoms with Gasteiger partial charge in [0.05, 0.1) is 0 Å². The quantitative estimate of drug-likeness (QED) is 0.205. The number of hydrogen-bond donors (Lipinski definition) is 1. The third-order valence-corrected chi connectivity index (χ3v) is 5.55. The molecule has 4 heteroatoms. The highest BCUT2D eigenvalue weighted by atomic mass is 32.2. The van der Waals surface area contributed by atoms with E-state index in [1.807, 2.05) is 0 Å². The van der Waals surface area contributed by atoms with Crippen molar-refractivity contribution >= 4 is 11.3 Å². The van der Waals surface area contributed by atoms with Gasteiger partial charge in [0.1, 0.15) is 0 Å². The van der Waals surface area contributed by atoms with Crippen LogP contribution in [0.3, 0.4) is 0 Å². The molecule has 0 rings (SSSR count). The summed E-state index contributed by atoms with van der Waals surface area (Å²) in [4.78, 5) is 0. The van der Waals surface area contributed by atoms with E-state index in [1.165, 1.54) is 89.9 Å². The minimum atomic E-state index is -1.79. The van der Waals surface area contributed by atoms with Gasteiger partial charge in [0.15, 0.2) is 0 Å². The van der Waals surface area contributed by atoms with Gasteiger partial charge in [-0.25, -0.2) is 8.51 Å². The molecule has 0 aromatic carbocycles. The van der Waals surface area contributed by atoms with E-state index in [-0.39, 0.29) is 0 Å². The Morgan fingerprint density at radius 2 is 0.875 bits per heavy atom. The van der Waals surface area contributed by atoms with E-state index in [0.29, 0.717) is 0 Å². The SMILES string of the molecule is CCCCCCCCCCN(CCCCCCCCCC)S(=O)O. The lowest BCUT2D eigenvalue weighted by atomic mass is 10.1. The second-order valence-corrected chi connectivity index (χ2v) is 8.09. The molecule has 0 aliphatic heterocycles. The zero-order chi connectivity index (χ0) is 17.9. The monoisotopic (exact) mass is 361 g/mol. The Bertz CT molecular complexity index is 254. The summed E-state index contributed by atoms with van der Waals surface area (Å²) in [6, 6.07) is 0. The van der Waals surface area contributed by atoms with Gasteiger partial charge in [0.25, 0.3) is 0 Å². The molecule has 0 spiro atoms. The Balaban J connectivity index is 3.49. The van der Waals surface area contributed by atoms with Crippen molar-refractivity contribution in [2.24, 2.45) is 0 Å². The van der Waals surface area contributed by atoms with Crippen LogP contribution >= 0.6 is 0 Å². The summed E-state index contributed by atoms with van der Waals surface area (Å²) in [6.07, 6.45) is 20.4. The molecule has 146 valence electrons. The molecule has 0 heterocycles. The van der Waals surface area contributed by atoms with E-state index in [9.17, 15) is 8.76 Å². The summed E-state index contributed by atoms with van der Waals surface area (Å²) in [6.45, 7) is 6.04. The van der Waals surface area contributed by atoms with Crippen molar-refractivity contribution in [2.45, 2.75) is 117 Å². The highest BCUT2D eigenvalue weighted by Gasteiger charge is 2.09. The molecular weight excluding hydrogens is 318 g/mol. The van der Waals surface area contributed by atoms with Crippen LogP contribution in [0.15, 0.2) is 0 Å². The Labute approximate surface area is 154 Å². The highest BCUT2D eigenvalue weighted by Crippen LogP contribution is 2.11. The maximum atomic E-state index is 11.4. The normalized spacial score (nSPS) is 12.8. The van der Waals surface area contributed by atoms with Crippen LogP contribution in [-0.4, -0.2) is 26.2 Å². The van der Waals surface area contributed by atoms with Crippen molar-refractivity contribution < 1.29 is 8.76 Å². The van der Waals surface area contributed by atoms with Crippen molar-refractivity contribution in [1.82, 2.24) is 4.31 Å². The van der Waals surface area contributed by atoms with Gasteiger partial charge in [-0.1, -0.05) is 104 Å². The fourth-order valence-electron chi connectivity index (χ4n) is 3.11. The first-order chi connectivity index (χ1) is 11.7. The Morgan fingerprint density at radius 1 is 0.583 bits per heavy atom. The molecular formula is C20H43NO2S. The van der Waals surface area contributed by atoms with Gasteiger partial charge in [-0.2, -0.15) is 0 Å². The summed E-state index contributed by atoms with van der Waals surface area (Å²) in [5.41, 5.74) is 0. The molecule has 0 aliphatic rings. The fourth-order valence-corrected chi connectivity index (χ4v) is 3.68. The number of unbranched alkanes of at least 4 members (excludes halogenated alkanes) is 14. The van der Waals surface area contributed by atoms with Crippen LogP contribution in [0.5, 0.6) is 0 Å². The summed E-state index contributed by atoms with van der Waals surface area (Å²) >= 11 is -1.79. The molecule has 0 aliphatic carbocycles. The molecule has 1 atom stereocenters. The minimum Gasteiger partial charge on any atom is -0.294 e. The molecule has 0 saturated heterocycles. The molecule has 0 bridgehead atoms. The third kappa shape index (κ3) is 16.9. The predicted molar refractivity (Wildman–Crippen MR) is 108 cm³/mol. The van der Waals surface area contributed by atoms with E-state index in [1.54, 1.807) is 4.31 Å². The third-order valence-electron chi connectivity index (χ3n) is 4.74. The van der Waals surface area contributed by atoms with Gasteiger partial charge in [0.2, 0.25) is 11.3 Å². The van der Waals surface area contributed by atoms with Gasteiger partial charge < -0.3 is 0 Å². The Kier molecular flexibility index (Phi) is 19.5.